The van der Waals surface area contributed by atoms with Gasteiger partial charge < -0.3 is 10.1 Å². The minimum Gasteiger partial charge on any atom is -0.492 e. The van der Waals surface area contributed by atoms with E-state index in [1.165, 1.54) is 0 Å². The molecule has 2 heterocycles. The molecule has 0 spiro atoms. The van der Waals surface area contributed by atoms with Crippen LogP contribution in [0, 0.1) is 6.92 Å². The van der Waals surface area contributed by atoms with Gasteiger partial charge in [0.05, 0.1) is 29.5 Å². The zero-order valence-electron chi connectivity index (χ0n) is 10.8. The van der Waals surface area contributed by atoms with E-state index in [2.05, 4.69) is 20.7 Å². The molecule has 0 bridgehead atoms. The SMILES string of the molecule is CCOc1cncc(C(NC)c2csc(C)n2)c1. The summed E-state index contributed by atoms with van der Waals surface area (Å²) in [6.07, 6.45) is 3.57. The zero-order chi connectivity index (χ0) is 13.0. The Morgan fingerprint density at radius 3 is 2.89 bits per heavy atom. The number of aromatic nitrogens is 2. The van der Waals surface area contributed by atoms with Gasteiger partial charge in [0.25, 0.3) is 0 Å². The number of pyridine rings is 1. The van der Waals surface area contributed by atoms with E-state index >= 15 is 0 Å². The summed E-state index contributed by atoms with van der Waals surface area (Å²) in [5.74, 6) is 0.794. The van der Waals surface area contributed by atoms with Crippen molar-refractivity contribution in [3.05, 3.63) is 40.1 Å². The molecule has 1 N–H and O–H groups in total. The van der Waals surface area contributed by atoms with Crippen LogP contribution in [0.1, 0.15) is 29.2 Å². The van der Waals surface area contributed by atoms with Crippen LogP contribution in [0.15, 0.2) is 23.8 Å². The van der Waals surface area contributed by atoms with E-state index in [0.717, 1.165) is 22.0 Å². The van der Waals surface area contributed by atoms with E-state index in [4.69, 9.17) is 4.74 Å². The number of ether oxygens (including phenoxy) is 1. The van der Waals surface area contributed by atoms with Crippen molar-refractivity contribution in [2.24, 2.45) is 0 Å². The van der Waals surface area contributed by atoms with Crippen molar-refractivity contribution in [2.45, 2.75) is 19.9 Å². The smallest absolute Gasteiger partial charge is 0.137 e. The monoisotopic (exact) mass is 263 g/mol. The number of nitrogens with zero attached hydrogens (tertiary/aromatic N) is 2. The maximum atomic E-state index is 5.47. The van der Waals surface area contributed by atoms with Crippen LogP contribution in [-0.4, -0.2) is 23.6 Å². The molecule has 0 fully saturated rings. The molecular formula is C13H17N3OS. The minimum absolute atomic E-state index is 0.0582. The van der Waals surface area contributed by atoms with Gasteiger partial charge in [-0.2, -0.15) is 0 Å². The van der Waals surface area contributed by atoms with Gasteiger partial charge in [-0.15, -0.1) is 11.3 Å². The van der Waals surface area contributed by atoms with Crippen molar-refractivity contribution >= 4 is 11.3 Å². The molecule has 0 radical (unpaired) electrons. The van der Waals surface area contributed by atoms with Crippen LogP contribution < -0.4 is 10.1 Å². The molecule has 0 saturated heterocycles. The summed E-state index contributed by atoms with van der Waals surface area (Å²) in [7, 11) is 1.92. The van der Waals surface area contributed by atoms with Crippen LogP contribution >= 0.6 is 11.3 Å². The lowest BCUT2D eigenvalue weighted by molar-refractivity contribution is 0.338. The van der Waals surface area contributed by atoms with Gasteiger partial charge in [0, 0.05) is 11.6 Å². The quantitative estimate of drug-likeness (QED) is 0.900. The fourth-order valence-electron chi connectivity index (χ4n) is 1.84. The summed E-state index contributed by atoms with van der Waals surface area (Å²) in [6.45, 7) is 4.62. The molecule has 0 aliphatic rings. The highest BCUT2D eigenvalue weighted by molar-refractivity contribution is 7.09. The van der Waals surface area contributed by atoms with Gasteiger partial charge in [0.2, 0.25) is 0 Å². The lowest BCUT2D eigenvalue weighted by atomic mass is 10.1. The minimum atomic E-state index is 0.0582. The fraction of sp³-hybridized carbons (Fsp3) is 0.385. The number of aryl methyl sites for hydroxylation is 1. The zero-order valence-corrected chi connectivity index (χ0v) is 11.6. The Balaban J connectivity index is 2.29. The van der Waals surface area contributed by atoms with E-state index in [0.29, 0.717) is 6.61 Å². The highest BCUT2D eigenvalue weighted by atomic mass is 32.1. The van der Waals surface area contributed by atoms with Crippen LogP contribution in [-0.2, 0) is 0 Å². The van der Waals surface area contributed by atoms with Crippen molar-refractivity contribution in [2.75, 3.05) is 13.7 Å². The van der Waals surface area contributed by atoms with Gasteiger partial charge >= 0.3 is 0 Å². The van der Waals surface area contributed by atoms with Gasteiger partial charge in [0.1, 0.15) is 5.75 Å². The third kappa shape index (κ3) is 2.86. The molecule has 5 heteroatoms. The highest BCUT2D eigenvalue weighted by Gasteiger charge is 2.15. The fourth-order valence-corrected chi connectivity index (χ4v) is 2.48. The second-order valence-corrected chi connectivity index (χ2v) is 4.96. The first-order valence-electron chi connectivity index (χ1n) is 5.91. The third-order valence-corrected chi connectivity index (χ3v) is 3.39. The molecule has 2 aromatic heterocycles. The van der Waals surface area contributed by atoms with Gasteiger partial charge in [-0.05, 0) is 32.5 Å². The highest BCUT2D eigenvalue weighted by Crippen LogP contribution is 2.25. The summed E-state index contributed by atoms with van der Waals surface area (Å²) in [5.41, 5.74) is 2.09. The van der Waals surface area contributed by atoms with E-state index in [-0.39, 0.29) is 6.04 Å². The van der Waals surface area contributed by atoms with Gasteiger partial charge in [-0.1, -0.05) is 0 Å². The van der Waals surface area contributed by atoms with Crippen molar-refractivity contribution < 1.29 is 4.74 Å². The van der Waals surface area contributed by atoms with E-state index in [1.807, 2.05) is 33.2 Å². The summed E-state index contributed by atoms with van der Waals surface area (Å²) in [5, 5.41) is 6.41. The predicted molar refractivity (Wildman–Crippen MR) is 73.2 cm³/mol. The molecule has 0 amide bonds. The standard InChI is InChI=1S/C13H17N3OS/c1-4-17-11-5-10(6-15-7-11)13(14-3)12-8-18-9(2)16-12/h5-8,13-14H,4H2,1-3H3. The molecule has 2 aromatic rings. The molecule has 0 aromatic carbocycles. The first-order chi connectivity index (χ1) is 8.74. The van der Waals surface area contributed by atoms with Crippen LogP contribution in [0.2, 0.25) is 0 Å². The van der Waals surface area contributed by atoms with Gasteiger partial charge in [0.15, 0.2) is 0 Å². The van der Waals surface area contributed by atoms with Gasteiger partial charge in [-0.3, -0.25) is 4.98 Å². The number of thiazole rings is 1. The molecule has 0 aliphatic carbocycles. The van der Waals surface area contributed by atoms with Crippen molar-refractivity contribution in [1.29, 1.82) is 0 Å². The Hall–Kier alpha value is -1.46. The van der Waals surface area contributed by atoms with Crippen molar-refractivity contribution in [3.8, 4) is 5.75 Å². The summed E-state index contributed by atoms with van der Waals surface area (Å²) >= 11 is 1.65. The Morgan fingerprint density at radius 1 is 1.44 bits per heavy atom. The molecule has 1 atom stereocenters. The number of hydrogen-bond acceptors (Lipinski definition) is 5. The van der Waals surface area contributed by atoms with Gasteiger partial charge in [-0.25, -0.2) is 4.98 Å². The molecule has 18 heavy (non-hydrogen) atoms. The average Bonchev–Trinajstić information content (AvgIpc) is 2.78. The Labute approximate surface area is 111 Å². The number of hydrogen-bond donors (Lipinski definition) is 1. The van der Waals surface area contributed by atoms with E-state index in [9.17, 15) is 0 Å². The average molecular weight is 263 g/mol. The second kappa shape index (κ2) is 5.93. The molecule has 0 aliphatic heterocycles. The predicted octanol–water partition coefficient (Wildman–Crippen LogP) is 2.55. The molecule has 4 nitrogen and oxygen atoms in total. The van der Waals surface area contributed by atoms with Crippen LogP contribution in [0.25, 0.3) is 0 Å². The molecule has 1 unspecified atom stereocenters. The third-order valence-electron chi connectivity index (χ3n) is 2.60. The normalized spacial score (nSPS) is 12.4. The number of nitrogens with one attached hydrogen (secondary N) is 1. The Morgan fingerprint density at radius 2 is 2.28 bits per heavy atom. The summed E-state index contributed by atoms with van der Waals surface area (Å²) in [6, 6.07) is 2.06. The first kappa shape index (κ1) is 13.0. The largest absolute Gasteiger partial charge is 0.492 e. The van der Waals surface area contributed by atoms with Crippen LogP contribution in [0.5, 0.6) is 5.75 Å². The summed E-state index contributed by atoms with van der Waals surface area (Å²) in [4.78, 5) is 8.74. The molecule has 0 saturated carbocycles. The molecule has 2 rings (SSSR count). The van der Waals surface area contributed by atoms with Crippen molar-refractivity contribution in [1.82, 2.24) is 15.3 Å². The maximum Gasteiger partial charge on any atom is 0.137 e. The Kier molecular flexibility index (Phi) is 4.28. The van der Waals surface area contributed by atoms with Crippen LogP contribution in [0.3, 0.4) is 0 Å². The van der Waals surface area contributed by atoms with E-state index < -0.39 is 0 Å². The number of rotatable bonds is 5. The van der Waals surface area contributed by atoms with Crippen molar-refractivity contribution in [3.63, 3.8) is 0 Å². The maximum absolute atomic E-state index is 5.47. The first-order valence-corrected chi connectivity index (χ1v) is 6.79. The second-order valence-electron chi connectivity index (χ2n) is 3.90. The topological polar surface area (TPSA) is 47.0 Å². The van der Waals surface area contributed by atoms with Crippen LogP contribution in [0.4, 0.5) is 0 Å². The Bertz CT molecular complexity index is 512. The summed E-state index contributed by atoms with van der Waals surface area (Å²) < 4.78 is 5.47. The lowest BCUT2D eigenvalue weighted by Crippen LogP contribution is -2.18. The molecular weight excluding hydrogens is 246 g/mol. The lowest BCUT2D eigenvalue weighted by Gasteiger charge is -2.14. The van der Waals surface area contributed by atoms with E-state index in [1.54, 1.807) is 17.5 Å². The molecule has 96 valence electrons.